The topological polar surface area (TPSA) is 103 Å². The van der Waals surface area contributed by atoms with Gasteiger partial charge in [0.1, 0.15) is 12.2 Å². The predicted molar refractivity (Wildman–Crippen MR) is 154 cm³/mol. The van der Waals surface area contributed by atoms with Gasteiger partial charge in [-0.05, 0) is 60.4 Å². The number of benzene rings is 3. The average Bonchev–Trinajstić information content (AvgIpc) is 2.96. The number of aryl methyl sites for hydroxylation is 1. The van der Waals surface area contributed by atoms with Crippen LogP contribution in [0.15, 0.2) is 60.2 Å². The van der Waals surface area contributed by atoms with E-state index in [9.17, 15) is 14.4 Å². The molecule has 1 fully saturated rings. The molecule has 0 unspecified atom stereocenters. The van der Waals surface area contributed by atoms with Crippen molar-refractivity contribution in [1.29, 1.82) is 0 Å². The highest BCUT2D eigenvalue weighted by Crippen LogP contribution is 2.38. The van der Waals surface area contributed by atoms with Gasteiger partial charge in [-0.1, -0.05) is 54.4 Å². The van der Waals surface area contributed by atoms with Crippen molar-refractivity contribution >= 4 is 35.5 Å². The number of barbiturate groups is 1. The van der Waals surface area contributed by atoms with Gasteiger partial charge < -0.3 is 18.9 Å². The lowest BCUT2D eigenvalue weighted by Gasteiger charge is -2.26. The summed E-state index contributed by atoms with van der Waals surface area (Å²) in [6.07, 6.45) is 2.19. The summed E-state index contributed by atoms with van der Waals surface area (Å²) in [6, 6.07) is 15.4. The van der Waals surface area contributed by atoms with Crippen LogP contribution in [0.25, 0.3) is 6.08 Å². The van der Waals surface area contributed by atoms with Crippen LogP contribution in [0.4, 0.5) is 4.79 Å². The number of methoxy groups -OCH3 is 2. The molecule has 1 saturated heterocycles. The molecule has 0 spiro atoms. The van der Waals surface area contributed by atoms with E-state index in [4.69, 9.17) is 30.5 Å². The molecule has 1 heterocycles. The maximum absolute atomic E-state index is 13.3. The fourth-order valence-electron chi connectivity index (χ4n) is 4.13. The van der Waals surface area contributed by atoms with Crippen LogP contribution < -0.4 is 24.3 Å². The Labute approximate surface area is 243 Å². The van der Waals surface area contributed by atoms with E-state index in [-0.39, 0.29) is 23.7 Å². The third kappa shape index (κ3) is 6.99. The minimum Gasteiger partial charge on any atom is -0.493 e. The van der Waals surface area contributed by atoms with Crippen LogP contribution in [0, 0.1) is 6.92 Å². The van der Waals surface area contributed by atoms with E-state index in [1.54, 1.807) is 30.3 Å². The Morgan fingerprint density at radius 3 is 2.27 bits per heavy atom. The zero-order chi connectivity index (χ0) is 29.5. The zero-order valence-electron chi connectivity index (χ0n) is 23.3. The number of hydrogen-bond donors (Lipinski definition) is 1. The van der Waals surface area contributed by atoms with Crippen LogP contribution in [0.1, 0.15) is 35.6 Å². The third-order valence-corrected chi connectivity index (χ3v) is 6.56. The van der Waals surface area contributed by atoms with E-state index in [1.807, 2.05) is 38.1 Å². The van der Waals surface area contributed by atoms with Crippen molar-refractivity contribution in [3.05, 3.63) is 87.4 Å². The smallest absolute Gasteiger partial charge is 0.331 e. The molecule has 4 rings (SSSR count). The van der Waals surface area contributed by atoms with Gasteiger partial charge in [-0.25, -0.2) is 4.79 Å². The number of imide groups is 2. The summed E-state index contributed by atoms with van der Waals surface area (Å²) < 4.78 is 22.5. The van der Waals surface area contributed by atoms with Crippen LogP contribution in [0.5, 0.6) is 23.0 Å². The van der Waals surface area contributed by atoms with Crippen LogP contribution in [0.2, 0.25) is 5.02 Å². The van der Waals surface area contributed by atoms with E-state index < -0.39 is 17.8 Å². The predicted octanol–water partition coefficient (Wildman–Crippen LogP) is 5.70. The van der Waals surface area contributed by atoms with Crippen LogP contribution in [0.3, 0.4) is 0 Å². The van der Waals surface area contributed by atoms with Gasteiger partial charge in [0.25, 0.3) is 11.8 Å². The Morgan fingerprint density at radius 2 is 1.59 bits per heavy atom. The van der Waals surface area contributed by atoms with Crippen molar-refractivity contribution in [2.24, 2.45) is 0 Å². The summed E-state index contributed by atoms with van der Waals surface area (Å²) in [6.45, 7) is 4.70. The molecule has 3 aromatic rings. The average molecular weight is 579 g/mol. The first-order chi connectivity index (χ1) is 19.7. The molecular weight excluding hydrogens is 548 g/mol. The lowest BCUT2D eigenvalue weighted by molar-refractivity contribution is -0.130. The minimum atomic E-state index is -0.821. The zero-order valence-corrected chi connectivity index (χ0v) is 24.0. The van der Waals surface area contributed by atoms with Gasteiger partial charge in [-0.15, -0.1) is 0 Å². The molecule has 0 radical (unpaired) electrons. The molecule has 41 heavy (non-hydrogen) atoms. The van der Waals surface area contributed by atoms with Crippen LogP contribution in [-0.4, -0.2) is 43.6 Å². The van der Waals surface area contributed by atoms with E-state index >= 15 is 0 Å². The first-order valence-corrected chi connectivity index (χ1v) is 13.4. The molecular formula is C31H31ClN2O7. The maximum Gasteiger partial charge on any atom is 0.331 e. The number of ether oxygens (including phenoxy) is 4. The summed E-state index contributed by atoms with van der Waals surface area (Å²) in [4.78, 5) is 39.6. The quantitative estimate of drug-likeness (QED) is 0.230. The molecule has 10 heteroatoms. The van der Waals surface area contributed by atoms with Crippen LogP contribution >= 0.6 is 11.6 Å². The number of hydrogen-bond acceptors (Lipinski definition) is 7. The Kier molecular flexibility index (Phi) is 9.52. The monoisotopic (exact) mass is 578 g/mol. The normalized spacial score (nSPS) is 14.2. The molecule has 1 N–H and O–H groups in total. The third-order valence-electron chi connectivity index (χ3n) is 6.28. The standard InChI is InChI=1S/C31H31ClN2O7/c1-5-12-40-25-11-10-21(15-26(25)38-3)17-34-30(36)23(29(35)33-31(34)37)13-22-14-24(32)28(27(16-22)39-4)41-18-20-8-6-19(2)7-9-20/h6-11,13-16H,5,12,17-18H2,1-4H3,(H,33,35,37)/b23-13+. The molecule has 0 saturated carbocycles. The number of nitrogens with one attached hydrogen (secondary N) is 1. The molecule has 0 bridgehead atoms. The summed E-state index contributed by atoms with van der Waals surface area (Å²) >= 11 is 6.52. The van der Waals surface area contributed by atoms with Crippen molar-refractivity contribution < 1.29 is 33.3 Å². The number of nitrogens with zero attached hydrogens (tertiary/aromatic N) is 1. The Hall–Kier alpha value is -4.50. The largest absolute Gasteiger partial charge is 0.493 e. The molecule has 1 aliphatic rings. The van der Waals surface area contributed by atoms with Gasteiger partial charge in [0.2, 0.25) is 0 Å². The molecule has 214 valence electrons. The van der Waals surface area contributed by atoms with E-state index in [2.05, 4.69) is 5.32 Å². The van der Waals surface area contributed by atoms with E-state index in [0.29, 0.717) is 40.7 Å². The first kappa shape index (κ1) is 29.5. The number of rotatable bonds is 11. The lowest BCUT2D eigenvalue weighted by Crippen LogP contribution is -2.53. The Morgan fingerprint density at radius 1 is 0.878 bits per heavy atom. The van der Waals surface area contributed by atoms with E-state index in [0.717, 1.165) is 22.4 Å². The minimum absolute atomic E-state index is 0.0877. The van der Waals surface area contributed by atoms with Crippen molar-refractivity contribution in [3.63, 3.8) is 0 Å². The Balaban J connectivity index is 1.56. The maximum atomic E-state index is 13.3. The van der Waals surface area contributed by atoms with Gasteiger partial charge in [-0.2, -0.15) is 0 Å². The fourth-order valence-corrected chi connectivity index (χ4v) is 4.41. The summed E-state index contributed by atoms with van der Waals surface area (Å²) in [7, 11) is 2.97. The first-order valence-electron chi connectivity index (χ1n) is 13.0. The molecule has 9 nitrogen and oxygen atoms in total. The van der Waals surface area contributed by atoms with Gasteiger partial charge in [-0.3, -0.25) is 19.8 Å². The second-order valence-electron chi connectivity index (χ2n) is 9.35. The van der Waals surface area contributed by atoms with Gasteiger partial charge in [0.05, 0.1) is 32.4 Å². The second kappa shape index (κ2) is 13.2. The molecule has 3 aromatic carbocycles. The molecule has 4 amide bonds. The van der Waals surface area contributed by atoms with Crippen molar-refractivity contribution in [3.8, 4) is 23.0 Å². The summed E-state index contributed by atoms with van der Waals surface area (Å²) in [5.41, 5.74) is 2.89. The highest BCUT2D eigenvalue weighted by atomic mass is 35.5. The van der Waals surface area contributed by atoms with E-state index in [1.165, 1.54) is 20.3 Å². The van der Waals surface area contributed by atoms with Crippen molar-refractivity contribution in [1.82, 2.24) is 10.2 Å². The highest BCUT2D eigenvalue weighted by molar-refractivity contribution is 6.33. The molecule has 0 aliphatic carbocycles. The molecule has 0 aromatic heterocycles. The molecule has 0 atom stereocenters. The lowest BCUT2D eigenvalue weighted by atomic mass is 10.1. The second-order valence-corrected chi connectivity index (χ2v) is 9.76. The number of carbonyl (C=O) groups excluding carboxylic acids is 3. The number of carbonyl (C=O) groups is 3. The summed E-state index contributed by atoms with van der Waals surface area (Å²) in [5, 5.41) is 2.46. The number of amides is 4. The summed E-state index contributed by atoms with van der Waals surface area (Å²) in [5.74, 6) is 0.115. The van der Waals surface area contributed by atoms with Gasteiger partial charge in [0.15, 0.2) is 23.0 Å². The fraction of sp³-hybridized carbons (Fsp3) is 0.258. The van der Waals surface area contributed by atoms with Gasteiger partial charge >= 0.3 is 6.03 Å². The van der Waals surface area contributed by atoms with Crippen LogP contribution in [-0.2, 0) is 22.7 Å². The van der Waals surface area contributed by atoms with Crippen molar-refractivity contribution in [2.75, 3.05) is 20.8 Å². The Bertz CT molecular complexity index is 1480. The SMILES string of the molecule is CCCOc1ccc(CN2C(=O)NC(=O)/C(=C\c3cc(Cl)c(OCc4ccc(C)cc4)c(OC)c3)C2=O)cc1OC. The number of halogens is 1. The van der Waals surface area contributed by atoms with Gasteiger partial charge in [0, 0.05) is 0 Å². The highest BCUT2D eigenvalue weighted by Gasteiger charge is 2.36. The molecule has 1 aliphatic heterocycles. The number of urea groups is 1. The van der Waals surface area contributed by atoms with Crippen molar-refractivity contribution in [2.45, 2.75) is 33.4 Å².